The van der Waals surface area contributed by atoms with E-state index in [9.17, 15) is 0 Å². The van der Waals surface area contributed by atoms with Crippen LogP contribution in [-0.4, -0.2) is 54.3 Å². The molecule has 0 aliphatic carbocycles. The van der Waals surface area contributed by atoms with Gasteiger partial charge in [-0.2, -0.15) is 0 Å². The average molecular weight is 314 g/mol. The Bertz CT molecular complexity index is 363. The summed E-state index contributed by atoms with van der Waals surface area (Å²) < 4.78 is 1.02. The molecule has 0 spiro atoms. The van der Waals surface area contributed by atoms with Crippen molar-refractivity contribution in [3.05, 3.63) is 22.8 Å². The predicted molar refractivity (Wildman–Crippen MR) is 76.9 cm³/mol. The number of likely N-dealkylation sites (N-methyl/N-ethyl adjacent to an activating group) is 1. The highest BCUT2D eigenvalue weighted by molar-refractivity contribution is 9.10. The summed E-state index contributed by atoms with van der Waals surface area (Å²) in [6, 6.07) is 4.68. The van der Waals surface area contributed by atoms with E-state index in [0.29, 0.717) is 6.04 Å². The third kappa shape index (κ3) is 3.43. The van der Waals surface area contributed by atoms with Gasteiger partial charge in [-0.15, -0.1) is 0 Å². The molecule has 5 heteroatoms. The van der Waals surface area contributed by atoms with Crippen LogP contribution in [0.5, 0.6) is 0 Å². The molecule has 0 aromatic carbocycles. The van der Waals surface area contributed by atoms with E-state index < -0.39 is 0 Å². The molecule has 1 fully saturated rings. The highest BCUT2D eigenvalue weighted by Crippen LogP contribution is 2.21. The zero-order valence-electron chi connectivity index (χ0n) is 10.7. The number of pyridine rings is 1. The molecule has 0 unspecified atom stereocenters. The molecule has 100 valence electrons. The van der Waals surface area contributed by atoms with E-state index in [4.69, 9.17) is 5.11 Å². The zero-order chi connectivity index (χ0) is 13.0. The maximum absolute atomic E-state index is 8.96. The molecule has 0 saturated carbocycles. The van der Waals surface area contributed by atoms with Crippen molar-refractivity contribution >= 4 is 21.7 Å². The molecular weight excluding hydrogens is 294 g/mol. The van der Waals surface area contributed by atoms with Gasteiger partial charge in [0.2, 0.25) is 0 Å². The fraction of sp³-hybridized carbons (Fsp3) is 0.615. The lowest BCUT2D eigenvalue weighted by atomic mass is 10.0. The number of rotatable bonds is 4. The van der Waals surface area contributed by atoms with Gasteiger partial charge in [0.1, 0.15) is 5.82 Å². The quantitative estimate of drug-likeness (QED) is 0.919. The van der Waals surface area contributed by atoms with E-state index in [1.54, 1.807) is 0 Å². The van der Waals surface area contributed by atoms with Gasteiger partial charge >= 0.3 is 0 Å². The van der Waals surface area contributed by atoms with Crippen LogP contribution in [0.2, 0.25) is 0 Å². The van der Waals surface area contributed by atoms with Gasteiger partial charge in [-0.25, -0.2) is 4.98 Å². The van der Waals surface area contributed by atoms with Gasteiger partial charge in [0, 0.05) is 36.3 Å². The number of anilines is 1. The van der Waals surface area contributed by atoms with Gasteiger partial charge in [0.25, 0.3) is 0 Å². The van der Waals surface area contributed by atoms with Crippen molar-refractivity contribution in [2.75, 3.05) is 38.2 Å². The standard InChI is InChI=1S/C13H20BrN3O/c1-16(8-9-18)12-4-6-17(7-5-12)13-3-2-11(14)10-15-13/h2-3,10,12,18H,4-9H2,1H3. The lowest BCUT2D eigenvalue weighted by Crippen LogP contribution is -2.44. The lowest BCUT2D eigenvalue weighted by molar-refractivity contribution is 0.161. The number of aliphatic hydroxyl groups excluding tert-OH is 1. The molecule has 2 rings (SSSR count). The fourth-order valence-electron chi connectivity index (χ4n) is 2.43. The van der Waals surface area contributed by atoms with Gasteiger partial charge in [-0.05, 0) is 48.0 Å². The van der Waals surface area contributed by atoms with E-state index >= 15 is 0 Å². The molecule has 1 aromatic heterocycles. The minimum atomic E-state index is 0.241. The van der Waals surface area contributed by atoms with Crippen molar-refractivity contribution in [2.24, 2.45) is 0 Å². The summed E-state index contributed by atoms with van der Waals surface area (Å²) in [5.41, 5.74) is 0. The van der Waals surface area contributed by atoms with Crippen molar-refractivity contribution in [3.63, 3.8) is 0 Å². The second-order valence-corrected chi connectivity index (χ2v) is 5.67. The summed E-state index contributed by atoms with van der Waals surface area (Å²) in [4.78, 5) is 9.02. The van der Waals surface area contributed by atoms with E-state index in [-0.39, 0.29) is 6.61 Å². The lowest BCUT2D eigenvalue weighted by Gasteiger charge is -2.37. The van der Waals surface area contributed by atoms with Crippen LogP contribution in [-0.2, 0) is 0 Å². The predicted octanol–water partition coefficient (Wildman–Crippen LogP) is 1.74. The SMILES string of the molecule is CN(CCO)C1CCN(c2ccc(Br)cn2)CC1. The van der Waals surface area contributed by atoms with Gasteiger partial charge in [0.15, 0.2) is 0 Å². The summed E-state index contributed by atoms with van der Waals surface area (Å²) >= 11 is 3.40. The van der Waals surface area contributed by atoms with Crippen LogP contribution in [0.3, 0.4) is 0 Å². The molecule has 0 bridgehead atoms. The fourth-order valence-corrected chi connectivity index (χ4v) is 2.67. The van der Waals surface area contributed by atoms with Crippen molar-refractivity contribution in [3.8, 4) is 0 Å². The minimum Gasteiger partial charge on any atom is -0.395 e. The summed E-state index contributed by atoms with van der Waals surface area (Å²) in [6.07, 6.45) is 4.11. The van der Waals surface area contributed by atoms with Crippen LogP contribution in [0.4, 0.5) is 5.82 Å². The molecule has 0 atom stereocenters. The molecule has 1 aliphatic rings. The molecule has 1 N–H and O–H groups in total. The average Bonchev–Trinajstić information content (AvgIpc) is 2.40. The first kappa shape index (κ1) is 13.8. The smallest absolute Gasteiger partial charge is 0.128 e. The van der Waals surface area contributed by atoms with Gasteiger partial charge in [-0.3, -0.25) is 0 Å². The Morgan fingerprint density at radius 2 is 2.17 bits per heavy atom. The van der Waals surface area contributed by atoms with E-state index in [1.165, 1.54) is 0 Å². The second kappa shape index (κ2) is 6.50. The summed E-state index contributed by atoms with van der Waals surface area (Å²) in [5.74, 6) is 1.06. The molecular formula is C13H20BrN3O. The summed E-state index contributed by atoms with van der Waals surface area (Å²) in [5, 5.41) is 8.96. The molecule has 1 saturated heterocycles. The number of hydrogen-bond acceptors (Lipinski definition) is 4. The van der Waals surface area contributed by atoms with E-state index in [1.807, 2.05) is 12.3 Å². The molecule has 0 radical (unpaired) electrons. The largest absolute Gasteiger partial charge is 0.395 e. The van der Waals surface area contributed by atoms with Crippen molar-refractivity contribution in [1.82, 2.24) is 9.88 Å². The monoisotopic (exact) mass is 313 g/mol. The Morgan fingerprint density at radius 3 is 2.72 bits per heavy atom. The Kier molecular flexibility index (Phi) is 4.97. The number of aliphatic hydroxyl groups is 1. The Morgan fingerprint density at radius 1 is 1.44 bits per heavy atom. The maximum Gasteiger partial charge on any atom is 0.128 e. The molecule has 18 heavy (non-hydrogen) atoms. The summed E-state index contributed by atoms with van der Waals surface area (Å²) in [6.45, 7) is 3.08. The van der Waals surface area contributed by atoms with Crippen molar-refractivity contribution in [1.29, 1.82) is 0 Å². The Labute approximate surface area is 117 Å². The van der Waals surface area contributed by atoms with Gasteiger partial charge < -0.3 is 14.9 Å². The molecule has 0 amide bonds. The first-order valence-electron chi connectivity index (χ1n) is 6.38. The first-order valence-corrected chi connectivity index (χ1v) is 7.17. The molecule has 4 nitrogen and oxygen atoms in total. The van der Waals surface area contributed by atoms with Crippen LogP contribution in [0.1, 0.15) is 12.8 Å². The Balaban J connectivity index is 1.88. The first-order chi connectivity index (χ1) is 8.70. The van der Waals surface area contributed by atoms with Crippen LogP contribution in [0.15, 0.2) is 22.8 Å². The number of hydrogen-bond donors (Lipinski definition) is 1. The summed E-state index contributed by atoms with van der Waals surface area (Å²) in [7, 11) is 2.09. The van der Waals surface area contributed by atoms with Crippen LogP contribution < -0.4 is 4.90 Å². The molecule has 1 aliphatic heterocycles. The second-order valence-electron chi connectivity index (χ2n) is 4.76. The number of halogens is 1. The van der Waals surface area contributed by atoms with Crippen molar-refractivity contribution in [2.45, 2.75) is 18.9 Å². The third-order valence-electron chi connectivity index (χ3n) is 3.58. The van der Waals surface area contributed by atoms with Gasteiger partial charge in [-0.1, -0.05) is 0 Å². The number of nitrogens with zero attached hydrogens (tertiary/aromatic N) is 3. The zero-order valence-corrected chi connectivity index (χ0v) is 12.3. The third-order valence-corrected chi connectivity index (χ3v) is 4.05. The highest BCUT2D eigenvalue weighted by Gasteiger charge is 2.22. The minimum absolute atomic E-state index is 0.241. The topological polar surface area (TPSA) is 39.6 Å². The Hall–Kier alpha value is -0.650. The van der Waals surface area contributed by atoms with E-state index in [0.717, 1.165) is 42.8 Å². The molecule has 1 aromatic rings. The highest BCUT2D eigenvalue weighted by atomic mass is 79.9. The maximum atomic E-state index is 8.96. The van der Waals surface area contributed by atoms with Crippen LogP contribution in [0, 0.1) is 0 Å². The number of piperidine rings is 1. The van der Waals surface area contributed by atoms with Crippen LogP contribution >= 0.6 is 15.9 Å². The van der Waals surface area contributed by atoms with Crippen molar-refractivity contribution < 1.29 is 5.11 Å². The molecule has 2 heterocycles. The van der Waals surface area contributed by atoms with Crippen LogP contribution in [0.25, 0.3) is 0 Å². The van der Waals surface area contributed by atoms with E-state index in [2.05, 4.69) is 43.8 Å². The normalized spacial score (nSPS) is 17.4. The number of aromatic nitrogens is 1. The van der Waals surface area contributed by atoms with Gasteiger partial charge in [0.05, 0.1) is 6.61 Å².